The van der Waals surface area contributed by atoms with Crippen molar-refractivity contribution < 1.29 is 18.9 Å². The van der Waals surface area contributed by atoms with Crippen molar-refractivity contribution in [2.45, 2.75) is 13.8 Å². The van der Waals surface area contributed by atoms with Gasteiger partial charge in [0.2, 0.25) is 0 Å². The van der Waals surface area contributed by atoms with Crippen molar-refractivity contribution >= 4 is 0 Å². The van der Waals surface area contributed by atoms with E-state index in [1.807, 2.05) is 38.1 Å². The molecular weight excluding hydrogens is 280 g/mol. The Labute approximate surface area is 131 Å². The minimum atomic E-state index is 0.766. The Hall–Kier alpha value is -2.36. The molecule has 0 N–H and O–H groups in total. The van der Waals surface area contributed by atoms with Gasteiger partial charge in [0.05, 0.1) is 28.4 Å². The van der Waals surface area contributed by atoms with E-state index < -0.39 is 0 Å². The summed E-state index contributed by atoms with van der Waals surface area (Å²) in [5, 5.41) is 0. The lowest BCUT2D eigenvalue weighted by molar-refractivity contribution is 0.397. The second kappa shape index (κ2) is 6.60. The lowest BCUT2D eigenvalue weighted by Crippen LogP contribution is -1.97. The Kier molecular flexibility index (Phi) is 4.81. The van der Waals surface area contributed by atoms with Gasteiger partial charge in [0.25, 0.3) is 0 Å². The monoisotopic (exact) mass is 302 g/mol. The smallest absolute Gasteiger partial charge is 0.127 e. The average molecular weight is 302 g/mol. The van der Waals surface area contributed by atoms with Crippen molar-refractivity contribution in [1.82, 2.24) is 0 Å². The number of rotatable bonds is 5. The van der Waals surface area contributed by atoms with Gasteiger partial charge in [-0.05, 0) is 49.2 Å². The van der Waals surface area contributed by atoms with Crippen LogP contribution in [0.4, 0.5) is 0 Å². The summed E-state index contributed by atoms with van der Waals surface area (Å²) < 4.78 is 21.9. The highest BCUT2D eigenvalue weighted by Gasteiger charge is 2.16. The van der Waals surface area contributed by atoms with Gasteiger partial charge in [-0.25, -0.2) is 0 Å². The van der Waals surface area contributed by atoms with E-state index >= 15 is 0 Å². The van der Waals surface area contributed by atoms with E-state index in [1.54, 1.807) is 28.4 Å². The van der Waals surface area contributed by atoms with E-state index in [0.717, 1.165) is 45.3 Å². The summed E-state index contributed by atoms with van der Waals surface area (Å²) in [5.74, 6) is 3.14. The molecule has 0 saturated carbocycles. The van der Waals surface area contributed by atoms with Crippen LogP contribution in [0.25, 0.3) is 11.1 Å². The molecule has 0 amide bonds. The Morgan fingerprint density at radius 1 is 0.500 bits per heavy atom. The molecule has 2 aromatic carbocycles. The van der Waals surface area contributed by atoms with Crippen molar-refractivity contribution in [3.63, 3.8) is 0 Å². The highest BCUT2D eigenvalue weighted by molar-refractivity contribution is 5.79. The fourth-order valence-corrected chi connectivity index (χ4v) is 2.52. The Morgan fingerprint density at radius 2 is 0.818 bits per heavy atom. The summed E-state index contributed by atoms with van der Waals surface area (Å²) in [6.45, 7) is 3.97. The minimum absolute atomic E-state index is 0.766. The molecule has 0 atom stereocenters. The molecule has 0 unspecified atom stereocenters. The zero-order chi connectivity index (χ0) is 16.3. The molecule has 0 aliphatic rings. The van der Waals surface area contributed by atoms with Crippen LogP contribution < -0.4 is 18.9 Å². The molecule has 0 radical (unpaired) electrons. The van der Waals surface area contributed by atoms with E-state index in [2.05, 4.69) is 0 Å². The van der Waals surface area contributed by atoms with Crippen LogP contribution in [0.3, 0.4) is 0 Å². The molecule has 4 heteroatoms. The topological polar surface area (TPSA) is 36.9 Å². The Bertz CT molecular complexity index is 618. The van der Waals surface area contributed by atoms with Crippen molar-refractivity contribution in [2.75, 3.05) is 28.4 Å². The molecule has 0 bridgehead atoms. The molecule has 4 nitrogen and oxygen atoms in total. The predicted molar refractivity (Wildman–Crippen MR) is 87.6 cm³/mol. The van der Waals surface area contributed by atoms with E-state index in [0.29, 0.717) is 0 Å². The molecule has 2 rings (SSSR count). The molecule has 0 heterocycles. The first-order chi connectivity index (χ1) is 10.5. The predicted octanol–water partition coefficient (Wildman–Crippen LogP) is 4.00. The van der Waals surface area contributed by atoms with Crippen LogP contribution in [0.15, 0.2) is 24.3 Å². The molecule has 0 aromatic heterocycles. The normalized spacial score (nSPS) is 10.3. The van der Waals surface area contributed by atoms with Crippen LogP contribution in [-0.4, -0.2) is 28.4 Å². The third-order valence-corrected chi connectivity index (χ3v) is 3.72. The summed E-state index contributed by atoms with van der Waals surface area (Å²) in [6.07, 6.45) is 0. The molecule has 0 saturated heterocycles. The third-order valence-electron chi connectivity index (χ3n) is 3.72. The SMILES string of the molecule is COc1cc(-c2cc(OC)c(C)cc2OC)c(OC)cc1C. The number of methoxy groups -OCH3 is 4. The first kappa shape index (κ1) is 16.0. The van der Waals surface area contributed by atoms with E-state index in [-0.39, 0.29) is 0 Å². The highest BCUT2D eigenvalue weighted by atomic mass is 16.5. The zero-order valence-electron chi connectivity index (χ0n) is 13.9. The molecule has 0 fully saturated rings. The van der Waals surface area contributed by atoms with Gasteiger partial charge in [-0.2, -0.15) is 0 Å². The van der Waals surface area contributed by atoms with Crippen molar-refractivity contribution in [1.29, 1.82) is 0 Å². The maximum Gasteiger partial charge on any atom is 0.127 e. The lowest BCUT2D eigenvalue weighted by atomic mass is 9.99. The van der Waals surface area contributed by atoms with E-state index in [1.165, 1.54) is 0 Å². The Morgan fingerprint density at radius 3 is 1.09 bits per heavy atom. The van der Waals surface area contributed by atoms with Crippen molar-refractivity contribution in [2.24, 2.45) is 0 Å². The largest absolute Gasteiger partial charge is 0.496 e. The maximum absolute atomic E-state index is 5.53. The molecule has 22 heavy (non-hydrogen) atoms. The second-order valence-corrected chi connectivity index (χ2v) is 5.04. The molecule has 2 aromatic rings. The molecule has 0 aliphatic carbocycles. The number of aryl methyl sites for hydroxylation is 2. The zero-order valence-corrected chi connectivity index (χ0v) is 13.9. The molecule has 0 aliphatic heterocycles. The average Bonchev–Trinajstić information content (AvgIpc) is 2.54. The summed E-state index contributed by atoms with van der Waals surface area (Å²) >= 11 is 0. The Balaban J connectivity index is 2.74. The van der Waals surface area contributed by atoms with Crippen molar-refractivity contribution in [3.8, 4) is 34.1 Å². The van der Waals surface area contributed by atoms with Gasteiger partial charge in [-0.15, -0.1) is 0 Å². The third kappa shape index (κ3) is 2.82. The fraction of sp³-hybridized carbons (Fsp3) is 0.333. The van der Waals surface area contributed by atoms with Gasteiger partial charge in [0.1, 0.15) is 23.0 Å². The fourth-order valence-electron chi connectivity index (χ4n) is 2.52. The maximum atomic E-state index is 5.53. The van der Waals surface area contributed by atoms with Gasteiger partial charge < -0.3 is 18.9 Å². The summed E-state index contributed by atoms with van der Waals surface area (Å²) in [7, 11) is 6.63. The van der Waals surface area contributed by atoms with E-state index in [9.17, 15) is 0 Å². The molecule has 0 spiro atoms. The van der Waals surface area contributed by atoms with Gasteiger partial charge in [-0.3, -0.25) is 0 Å². The molecule has 118 valence electrons. The first-order valence-electron chi connectivity index (χ1n) is 7.01. The quantitative estimate of drug-likeness (QED) is 0.836. The van der Waals surface area contributed by atoms with Gasteiger partial charge in [0.15, 0.2) is 0 Å². The molecular formula is C18H22O4. The second-order valence-electron chi connectivity index (χ2n) is 5.04. The van der Waals surface area contributed by atoms with Crippen molar-refractivity contribution in [3.05, 3.63) is 35.4 Å². The lowest BCUT2D eigenvalue weighted by Gasteiger charge is -2.17. The van der Waals surface area contributed by atoms with E-state index in [4.69, 9.17) is 18.9 Å². The summed E-state index contributed by atoms with van der Waals surface area (Å²) in [4.78, 5) is 0. The van der Waals surface area contributed by atoms with Crippen LogP contribution in [-0.2, 0) is 0 Å². The van der Waals surface area contributed by atoms with Crippen LogP contribution >= 0.6 is 0 Å². The van der Waals surface area contributed by atoms with Gasteiger partial charge >= 0.3 is 0 Å². The van der Waals surface area contributed by atoms with Crippen LogP contribution in [0.1, 0.15) is 11.1 Å². The standard InChI is InChI=1S/C18H22O4/c1-11-7-17(21-5)13(9-15(11)19-3)14-10-16(20-4)12(2)8-18(14)22-6/h7-10H,1-6H3. The van der Waals surface area contributed by atoms with Crippen LogP contribution in [0.2, 0.25) is 0 Å². The van der Waals surface area contributed by atoms with Crippen LogP contribution in [0, 0.1) is 13.8 Å². The number of benzene rings is 2. The number of hydrogen-bond acceptors (Lipinski definition) is 4. The first-order valence-corrected chi connectivity index (χ1v) is 7.01. The summed E-state index contributed by atoms with van der Waals surface area (Å²) in [6, 6.07) is 7.83. The minimum Gasteiger partial charge on any atom is -0.496 e. The van der Waals surface area contributed by atoms with Gasteiger partial charge in [-0.1, -0.05) is 0 Å². The summed E-state index contributed by atoms with van der Waals surface area (Å²) in [5.41, 5.74) is 3.84. The number of ether oxygens (including phenoxy) is 4. The van der Waals surface area contributed by atoms with Crippen LogP contribution in [0.5, 0.6) is 23.0 Å². The number of hydrogen-bond donors (Lipinski definition) is 0. The highest BCUT2D eigenvalue weighted by Crippen LogP contribution is 2.42. The van der Waals surface area contributed by atoms with Gasteiger partial charge in [0, 0.05) is 11.1 Å².